The molecule has 1 fully saturated rings. The van der Waals surface area contributed by atoms with Crippen molar-refractivity contribution in [3.8, 4) is 17.2 Å². The Bertz CT molecular complexity index is 874. The van der Waals surface area contributed by atoms with Crippen molar-refractivity contribution >= 4 is 5.91 Å². The summed E-state index contributed by atoms with van der Waals surface area (Å²) in [5.74, 6) is 2.10. The predicted molar refractivity (Wildman–Crippen MR) is 121 cm³/mol. The molecule has 8 heteroatoms. The lowest BCUT2D eigenvalue weighted by atomic mass is 9.88. The maximum atomic E-state index is 12.7. The minimum absolute atomic E-state index is 0.0296. The molecule has 0 bridgehead atoms. The largest absolute Gasteiger partial charge is 0.493 e. The fraction of sp³-hybridized carbons (Fsp3) is 0.500. The van der Waals surface area contributed by atoms with Crippen LogP contribution in [0, 0.1) is 18.8 Å². The molecule has 1 aromatic carbocycles. The average molecular weight is 444 g/mol. The van der Waals surface area contributed by atoms with Gasteiger partial charge in [0, 0.05) is 37.8 Å². The maximum Gasteiger partial charge on any atom is 0.224 e. The van der Waals surface area contributed by atoms with E-state index in [2.05, 4.69) is 15.2 Å². The number of methoxy groups -OCH3 is 2. The summed E-state index contributed by atoms with van der Waals surface area (Å²) in [6.45, 7) is 4.80. The quantitative estimate of drug-likeness (QED) is 0.580. The van der Waals surface area contributed by atoms with E-state index < -0.39 is 0 Å². The van der Waals surface area contributed by atoms with Crippen LogP contribution in [0.4, 0.5) is 0 Å². The second-order valence-corrected chi connectivity index (χ2v) is 8.14. The van der Waals surface area contributed by atoms with Crippen molar-refractivity contribution in [2.24, 2.45) is 11.8 Å². The van der Waals surface area contributed by atoms with Crippen LogP contribution in [0.1, 0.15) is 17.7 Å². The first-order chi connectivity index (χ1) is 15.5. The van der Waals surface area contributed by atoms with Gasteiger partial charge in [-0.1, -0.05) is 6.07 Å². The average Bonchev–Trinajstić information content (AvgIpc) is 2.82. The predicted octanol–water partition coefficient (Wildman–Crippen LogP) is 2.03. The Morgan fingerprint density at radius 3 is 2.69 bits per heavy atom. The number of aliphatic hydroxyl groups is 1. The Balaban J connectivity index is 1.69. The minimum atomic E-state index is -0.166. The molecule has 2 N–H and O–H groups in total. The number of nitrogens with one attached hydrogen (secondary N) is 1. The van der Waals surface area contributed by atoms with E-state index in [9.17, 15) is 4.79 Å². The van der Waals surface area contributed by atoms with Crippen LogP contribution in [0.2, 0.25) is 0 Å². The number of hydrogen-bond donors (Lipinski definition) is 2. The number of amides is 1. The second kappa shape index (κ2) is 11.7. The number of pyridine rings is 1. The van der Waals surface area contributed by atoms with Crippen LogP contribution in [-0.2, 0) is 11.3 Å². The highest BCUT2D eigenvalue weighted by molar-refractivity contribution is 5.79. The summed E-state index contributed by atoms with van der Waals surface area (Å²) in [5, 5.41) is 11.9. The Morgan fingerprint density at radius 2 is 2.00 bits per heavy atom. The summed E-state index contributed by atoms with van der Waals surface area (Å²) in [7, 11) is 3.24. The third-order valence-corrected chi connectivity index (χ3v) is 5.62. The van der Waals surface area contributed by atoms with Gasteiger partial charge in [0.2, 0.25) is 5.91 Å². The van der Waals surface area contributed by atoms with Gasteiger partial charge >= 0.3 is 0 Å². The van der Waals surface area contributed by atoms with Crippen LogP contribution >= 0.6 is 0 Å². The van der Waals surface area contributed by atoms with E-state index in [1.165, 1.54) is 0 Å². The monoisotopic (exact) mass is 443 g/mol. The van der Waals surface area contributed by atoms with Crippen molar-refractivity contribution in [3.05, 3.63) is 47.8 Å². The molecule has 2 heterocycles. The Morgan fingerprint density at radius 1 is 1.19 bits per heavy atom. The molecule has 32 heavy (non-hydrogen) atoms. The number of ether oxygens (including phenoxy) is 3. The smallest absolute Gasteiger partial charge is 0.224 e. The lowest BCUT2D eigenvalue weighted by Crippen LogP contribution is -2.47. The van der Waals surface area contributed by atoms with Crippen LogP contribution in [0.25, 0.3) is 0 Å². The summed E-state index contributed by atoms with van der Waals surface area (Å²) >= 11 is 0. The highest BCUT2D eigenvalue weighted by Gasteiger charge is 2.32. The van der Waals surface area contributed by atoms with Crippen molar-refractivity contribution < 1.29 is 24.1 Å². The maximum absolute atomic E-state index is 12.7. The molecule has 1 aromatic heterocycles. The number of aryl methyl sites for hydroxylation is 1. The van der Waals surface area contributed by atoms with Crippen LogP contribution in [0.5, 0.6) is 17.2 Å². The molecule has 8 nitrogen and oxygen atoms in total. The fourth-order valence-electron chi connectivity index (χ4n) is 4.06. The molecule has 0 unspecified atom stereocenters. The third kappa shape index (κ3) is 6.58. The van der Waals surface area contributed by atoms with E-state index in [0.717, 1.165) is 30.0 Å². The van der Waals surface area contributed by atoms with E-state index in [1.807, 2.05) is 37.3 Å². The van der Waals surface area contributed by atoms with Crippen LogP contribution < -0.4 is 19.5 Å². The SMILES string of the molecule is COc1ccc(CN2C[C@@H](COc3ccc(C)nc3)C[C@@H](C(=O)NCCO)C2)cc1OC. The zero-order chi connectivity index (χ0) is 22.9. The molecular formula is C24H33N3O5. The van der Waals surface area contributed by atoms with E-state index in [-0.39, 0.29) is 30.9 Å². The van der Waals surface area contributed by atoms with Crippen molar-refractivity contribution in [1.82, 2.24) is 15.2 Å². The summed E-state index contributed by atoms with van der Waals surface area (Å²) < 4.78 is 16.7. The normalized spacial score (nSPS) is 18.8. The van der Waals surface area contributed by atoms with Crippen LogP contribution in [-0.4, -0.2) is 68.0 Å². The molecular weight excluding hydrogens is 410 g/mol. The molecule has 174 valence electrons. The number of aromatic nitrogens is 1. The second-order valence-electron chi connectivity index (χ2n) is 8.14. The van der Waals surface area contributed by atoms with Gasteiger partial charge in [0.15, 0.2) is 11.5 Å². The first-order valence-electron chi connectivity index (χ1n) is 10.9. The zero-order valence-corrected chi connectivity index (χ0v) is 19.0. The topological polar surface area (TPSA) is 93.2 Å². The van der Waals surface area contributed by atoms with Gasteiger partial charge in [0.05, 0.1) is 39.5 Å². The molecule has 1 amide bonds. The number of hydrogen-bond acceptors (Lipinski definition) is 7. The summed E-state index contributed by atoms with van der Waals surface area (Å²) in [6, 6.07) is 9.72. The third-order valence-electron chi connectivity index (χ3n) is 5.62. The highest BCUT2D eigenvalue weighted by Crippen LogP contribution is 2.30. The van der Waals surface area contributed by atoms with Crippen molar-refractivity contribution in [1.29, 1.82) is 0 Å². The Labute approximate surface area is 189 Å². The fourth-order valence-corrected chi connectivity index (χ4v) is 4.06. The summed E-state index contributed by atoms with van der Waals surface area (Å²) in [6.07, 6.45) is 2.46. The zero-order valence-electron chi connectivity index (χ0n) is 19.0. The van der Waals surface area contributed by atoms with Gasteiger partial charge in [-0.3, -0.25) is 14.7 Å². The number of benzene rings is 1. The lowest BCUT2D eigenvalue weighted by molar-refractivity contribution is -0.128. The number of piperidine rings is 1. The standard InChI is InChI=1S/C24H33N3O5/c1-17-4-6-21(12-26-17)32-16-19-10-20(24(29)25-8-9-28)15-27(14-19)13-18-5-7-22(30-2)23(11-18)31-3/h4-7,11-12,19-20,28H,8-10,13-16H2,1-3H3,(H,25,29)/t19-,20+/m0/s1. The van der Waals surface area contributed by atoms with Gasteiger partial charge in [-0.15, -0.1) is 0 Å². The number of aliphatic hydroxyl groups excluding tert-OH is 1. The van der Waals surface area contributed by atoms with Gasteiger partial charge in [0.1, 0.15) is 5.75 Å². The molecule has 0 radical (unpaired) electrons. The van der Waals surface area contributed by atoms with Gasteiger partial charge in [-0.25, -0.2) is 0 Å². The van der Waals surface area contributed by atoms with E-state index >= 15 is 0 Å². The van der Waals surface area contributed by atoms with E-state index in [1.54, 1.807) is 20.4 Å². The molecule has 1 aliphatic heterocycles. The van der Waals surface area contributed by atoms with Crippen LogP contribution in [0.3, 0.4) is 0 Å². The summed E-state index contributed by atoms with van der Waals surface area (Å²) in [4.78, 5) is 19.2. The van der Waals surface area contributed by atoms with Gasteiger partial charge in [0.25, 0.3) is 0 Å². The number of likely N-dealkylation sites (tertiary alicyclic amines) is 1. The van der Waals surface area contributed by atoms with Gasteiger partial charge in [-0.05, 0) is 43.2 Å². The Hall–Kier alpha value is -2.84. The highest BCUT2D eigenvalue weighted by atomic mass is 16.5. The molecule has 0 aliphatic carbocycles. The molecule has 0 spiro atoms. The summed E-state index contributed by atoms with van der Waals surface area (Å²) in [5.41, 5.74) is 2.03. The van der Waals surface area contributed by atoms with Crippen molar-refractivity contribution in [2.45, 2.75) is 19.9 Å². The number of carbonyl (C=O) groups excluding carboxylic acids is 1. The Kier molecular flexibility index (Phi) is 8.70. The van der Waals surface area contributed by atoms with E-state index in [4.69, 9.17) is 19.3 Å². The van der Waals surface area contributed by atoms with E-state index in [0.29, 0.717) is 31.2 Å². The molecule has 2 atom stereocenters. The molecule has 0 saturated carbocycles. The van der Waals surface area contributed by atoms with Gasteiger partial charge in [-0.2, -0.15) is 0 Å². The van der Waals surface area contributed by atoms with Crippen LogP contribution in [0.15, 0.2) is 36.5 Å². The number of nitrogens with zero attached hydrogens (tertiary/aromatic N) is 2. The molecule has 2 aromatic rings. The minimum Gasteiger partial charge on any atom is -0.493 e. The first-order valence-corrected chi connectivity index (χ1v) is 10.9. The lowest BCUT2D eigenvalue weighted by Gasteiger charge is -2.37. The molecule has 3 rings (SSSR count). The van der Waals surface area contributed by atoms with Crippen molar-refractivity contribution in [2.75, 3.05) is 47.1 Å². The number of rotatable bonds is 10. The first kappa shape index (κ1) is 23.8. The number of carbonyl (C=O) groups is 1. The van der Waals surface area contributed by atoms with Gasteiger partial charge < -0.3 is 24.6 Å². The molecule has 1 aliphatic rings. The van der Waals surface area contributed by atoms with Crippen molar-refractivity contribution in [3.63, 3.8) is 0 Å². The molecule has 1 saturated heterocycles.